The number of amides is 1. The molecule has 9 heteroatoms. The summed E-state index contributed by atoms with van der Waals surface area (Å²) < 4.78 is 16.3. The van der Waals surface area contributed by atoms with Crippen LogP contribution in [-0.4, -0.2) is 49.0 Å². The topological polar surface area (TPSA) is 107 Å². The molecule has 0 unspecified atom stereocenters. The average Bonchev–Trinajstić information content (AvgIpc) is 2.90. The van der Waals surface area contributed by atoms with Crippen LogP contribution in [-0.2, 0) is 4.74 Å². The molecule has 9 nitrogen and oxygen atoms in total. The Morgan fingerprint density at radius 3 is 2.57 bits per heavy atom. The number of nitrogens with one attached hydrogen (secondary N) is 1. The molecule has 3 heterocycles. The number of hydrogen-bond donors (Lipinski definition) is 1. The number of ether oxygens (including phenoxy) is 2. The van der Waals surface area contributed by atoms with Crippen molar-refractivity contribution in [1.82, 2.24) is 10.2 Å². The summed E-state index contributed by atoms with van der Waals surface area (Å²) in [6.45, 7) is 5.25. The lowest BCUT2D eigenvalue weighted by molar-refractivity contribution is 0.102. The fourth-order valence-electron chi connectivity index (χ4n) is 3.91. The quantitative estimate of drug-likeness (QED) is 0.423. The third-order valence-corrected chi connectivity index (χ3v) is 5.69. The molecule has 1 fully saturated rings. The van der Waals surface area contributed by atoms with Gasteiger partial charge in [0.1, 0.15) is 5.56 Å². The molecule has 0 aliphatic carbocycles. The summed E-state index contributed by atoms with van der Waals surface area (Å²) in [7, 11) is 0. The minimum atomic E-state index is -0.727. The first-order valence-electron chi connectivity index (χ1n) is 11.4. The van der Waals surface area contributed by atoms with Gasteiger partial charge in [-0.3, -0.25) is 4.79 Å². The van der Waals surface area contributed by atoms with Gasteiger partial charge >= 0.3 is 5.63 Å². The van der Waals surface area contributed by atoms with Crippen molar-refractivity contribution in [1.29, 1.82) is 0 Å². The third kappa shape index (κ3) is 4.85. The summed E-state index contributed by atoms with van der Waals surface area (Å²) in [5.74, 6) is 0.735. The molecule has 1 N–H and O–H groups in total. The summed E-state index contributed by atoms with van der Waals surface area (Å²) in [4.78, 5) is 27.4. The van der Waals surface area contributed by atoms with Crippen molar-refractivity contribution in [2.24, 2.45) is 0 Å². The molecule has 5 rings (SSSR count). The van der Waals surface area contributed by atoms with Crippen molar-refractivity contribution < 1.29 is 18.7 Å². The zero-order chi connectivity index (χ0) is 24.2. The summed E-state index contributed by atoms with van der Waals surface area (Å²) >= 11 is 0. The molecule has 1 aliphatic heterocycles. The number of benzene rings is 2. The number of morpholine rings is 1. The highest BCUT2D eigenvalue weighted by Crippen LogP contribution is 2.25. The van der Waals surface area contributed by atoms with E-state index in [0.717, 1.165) is 30.2 Å². The molecule has 0 spiro atoms. The minimum absolute atomic E-state index is 0.0835. The highest BCUT2D eigenvalue weighted by Gasteiger charge is 2.17. The molecule has 0 bridgehead atoms. The largest absolute Gasteiger partial charge is 0.490 e. The van der Waals surface area contributed by atoms with Crippen molar-refractivity contribution in [2.75, 3.05) is 43.1 Å². The monoisotopic (exact) mass is 472 g/mol. The Kier molecular flexibility index (Phi) is 6.40. The van der Waals surface area contributed by atoms with Gasteiger partial charge < -0.3 is 24.1 Å². The number of aromatic nitrogens is 2. The first-order chi connectivity index (χ1) is 17.1. The van der Waals surface area contributed by atoms with Gasteiger partial charge in [-0.05, 0) is 43.3 Å². The SMILES string of the molecule is CCOc1cccc2cc(C(=O)Nc3ccc(-c4ccc(N5CCOCC5)nn4)cc3)c(=O)oc12. The average molecular weight is 473 g/mol. The van der Waals surface area contributed by atoms with E-state index >= 15 is 0 Å². The molecular formula is C26H24N4O5. The van der Waals surface area contributed by atoms with Crippen LogP contribution in [0.4, 0.5) is 11.5 Å². The van der Waals surface area contributed by atoms with Gasteiger partial charge in [0.2, 0.25) is 0 Å². The van der Waals surface area contributed by atoms with Crippen molar-refractivity contribution >= 4 is 28.4 Å². The van der Waals surface area contributed by atoms with Gasteiger partial charge in [-0.2, -0.15) is 0 Å². The molecule has 4 aromatic rings. The number of carbonyl (C=O) groups is 1. The van der Waals surface area contributed by atoms with E-state index in [4.69, 9.17) is 13.9 Å². The molecular weight excluding hydrogens is 448 g/mol. The Morgan fingerprint density at radius 1 is 1.06 bits per heavy atom. The number of rotatable bonds is 6. The van der Waals surface area contributed by atoms with Crippen molar-refractivity contribution in [3.63, 3.8) is 0 Å². The minimum Gasteiger partial charge on any atom is -0.490 e. The lowest BCUT2D eigenvalue weighted by atomic mass is 10.1. The van der Waals surface area contributed by atoms with Crippen LogP contribution in [0.25, 0.3) is 22.2 Å². The number of hydrogen-bond acceptors (Lipinski definition) is 8. The van der Waals surface area contributed by atoms with Crippen molar-refractivity contribution in [3.05, 3.63) is 76.6 Å². The van der Waals surface area contributed by atoms with E-state index in [1.54, 1.807) is 30.3 Å². The van der Waals surface area contributed by atoms with Crippen LogP contribution >= 0.6 is 0 Å². The summed E-state index contributed by atoms with van der Waals surface area (Å²) in [5, 5.41) is 12.0. The summed E-state index contributed by atoms with van der Waals surface area (Å²) in [6, 6.07) is 17.8. The highest BCUT2D eigenvalue weighted by molar-refractivity contribution is 6.05. The smallest absolute Gasteiger partial charge is 0.349 e. The van der Waals surface area contributed by atoms with Crippen molar-refractivity contribution in [3.8, 4) is 17.0 Å². The predicted octanol–water partition coefficient (Wildman–Crippen LogP) is 3.74. The molecule has 0 radical (unpaired) electrons. The van der Waals surface area contributed by atoms with Crippen LogP contribution in [0, 0.1) is 0 Å². The maximum absolute atomic E-state index is 12.8. The molecule has 1 aliphatic rings. The van der Waals surface area contributed by atoms with Crippen LogP contribution in [0.2, 0.25) is 0 Å². The fourth-order valence-corrected chi connectivity index (χ4v) is 3.91. The van der Waals surface area contributed by atoms with Crippen LogP contribution < -0.4 is 20.6 Å². The van der Waals surface area contributed by atoms with Gasteiger partial charge in [0.05, 0.1) is 25.5 Å². The molecule has 0 saturated carbocycles. The number of nitrogens with zero attached hydrogens (tertiary/aromatic N) is 3. The van der Waals surface area contributed by atoms with E-state index in [0.29, 0.717) is 42.2 Å². The van der Waals surface area contributed by atoms with E-state index in [-0.39, 0.29) is 5.56 Å². The van der Waals surface area contributed by atoms with Gasteiger partial charge in [-0.25, -0.2) is 4.79 Å². The van der Waals surface area contributed by atoms with E-state index in [1.807, 2.05) is 31.2 Å². The van der Waals surface area contributed by atoms with E-state index in [9.17, 15) is 9.59 Å². The molecule has 0 atom stereocenters. The van der Waals surface area contributed by atoms with Crippen LogP contribution in [0.1, 0.15) is 17.3 Å². The lowest BCUT2D eigenvalue weighted by Gasteiger charge is -2.27. The molecule has 2 aromatic heterocycles. The van der Waals surface area contributed by atoms with Gasteiger partial charge in [0, 0.05) is 29.7 Å². The van der Waals surface area contributed by atoms with Gasteiger partial charge in [-0.1, -0.05) is 24.3 Å². The second kappa shape index (κ2) is 9.94. The van der Waals surface area contributed by atoms with Crippen LogP contribution in [0.3, 0.4) is 0 Å². The normalized spacial score (nSPS) is 13.6. The van der Waals surface area contributed by atoms with Gasteiger partial charge in [0.25, 0.3) is 5.91 Å². The molecule has 2 aromatic carbocycles. The van der Waals surface area contributed by atoms with E-state index in [1.165, 1.54) is 6.07 Å². The zero-order valence-electron chi connectivity index (χ0n) is 19.2. The second-order valence-electron chi connectivity index (χ2n) is 7.96. The number of para-hydroxylation sites is 1. The standard InChI is InChI=1S/C26H24N4O5/c1-2-34-22-5-3-4-18-16-20(26(32)35-24(18)22)25(31)27-19-8-6-17(7-9-19)21-10-11-23(29-28-21)30-12-14-33-15-13-30/h3-11,16H,2,12-15H2,1H3,(H,27,31). The van der Waals surface area contributed by atoms with Crippen molar-refractivity contribution in [2.45, 2.75) is 6.92 Å². The number of anilines is 2. The molecule has 1 saturated heterocycles. The Hall–Kier alpha value is -4.24. The number of carbonyl (C=O) groups excluding carboxylic acids is 1. The zero-order valence-corrected chi connectivity index (χ0v) is 19.2. The van der Waals surface area contributed by atoms with E-state index in [2.05, 4.69) is 20.4 Å². The molecule has 1 amide bonds. The summed E-state index contributed by atoms with van der Waals surface area (Å²) in [5.41, 5.74) is 1.63. The maximum Gasteiger partial charge on any atom is 0.349 e. The van der Waals surface area contributed by atoms with E-state index < -0.39 is 11.5 Å². The Balaban J connectivity index is 1.30. The lowest BCUT2D eigenvalue weighted by Crippen LogP contribution is -2.36. The fraction of sp³-hybridized carbons (Fsp3) is 0.231. The first-order valence-corrected chi connectivity index (χ1v) is 11.4. The highest BCUT2D eigenvalue weighted by atomic mass is 16.5. The Bertz CT molecular complexity index is 1390. The summed E-state index contributed by atoms with van der Waals surface area (Å²) in [6.07, 6.45) is 0. The third-order valence-electron chi connectivity index (χ3n) is 5.69. The van der Waals surface area contributed by atoms with Gasteiger partial charge in [-0.15, -0.1) is 10.2 Å². The predicted molar refractivity (Wildman–Crippen MR) is 132 cm³/mol. The van der Waals surface area contributed by atoms with Crippen LogP contribution in [0.15, 0.2) is 69.9 Å². The Labute approximate surface area is 201 Å². The molecule has 35 heavy (non-hydrogen) atoms. The maximum atomic E-state index is 12.8. The van der Waals surface area contributed by atoms with Gasteiger partial charge in [0.15, 0.2) is 17.2 Å². The first kappa shape index (κ1) is 22.5. The van der Waals surface area contributed by atoms with Crippen LogP contribution in [0.5, 0.6) is 5.75 Å². The second-order valence-corrected chi connectivity index (χ2v) is 7.96. The molecule has 178 valence electrons. The Morgan fingerprint density at radius 2 is 1.86 bits per heavy atom. The number of fused-ring (bicyclic) bond motifs is 1.